The topological polar surface area (TPSA) is 227 Å². The van der Waals surface area contributed by atoms with Gasteiger partial charge in [0.05, 0.1) is 38.0 Å². The van der Waals surface area contributed by atoms with Gasteiger partial charge in [-0.05, 0) is 12.1 Å². The molecule has 2 aliphatic rings. The number of aliphatic hydroxyl groups excluding tert-OH is 6. The van der Waals surface area contributed by atoms with Crippen LogP contribution in [-0.2, 0) is 9.47 Å². The molecule has 0 spiro atoms. The SMILES string of the molecule is OCC1OC(S[C@@H]2O[C@H](CO)C(O)C(n3cc(-c4ncc(F)cn4)nn3)C2O)C(O)C(n2cc(-c3cc(F)c(F)c(F)c3)nn2)C1O. The molecule has 2 saturated heterocycles. The number of hydrogen-bond acceptors (Lipinski definition) is 15. The van der Waals surface area contributed by atoms with Crippen LogP contribution in [0.1, 0.15) is 12.1 Å². The third kappa shape index (κ3) is 6.33. The van der Waals surface area contributed by atoms with Crippen molar-refractivity contribution in [2.75, 3.05) is 13.2 Å². The Labute approximate surface area is 265 Å². The number of ether oxygens (including phenoxy) is 2. The molecule has 10 atom stereocenters. The quantitative estimate of drug-likeness (QED) is 0.0960. The van der Waals surface area contributed by atoms with Crippen LogP contribution in [0, 0.1) is 23.3 Å². The summed E-state index contributed by atoms with van der Waals surface area (Å²) in [7, 11) is 0. The molecule has 4 aromatic rings. The molecule has 252 valence electrons. The summed E-state index contributed by atoms with van der Waals surface area (Å²) in [6.45, 7) is -1.44. The van der Waals surface area contributed by atoms with Crippen LogP contribution in [0.2, 0.25) is 0 Å². The van der Waals surface area contributed by atoms with Gasteiger partial charge >= 0.3 is 0 Å². The lowest BCUT2D eigenvalue weighted by Crippen LogP contribution is -2.58. The standard InChI is InChI=1S/C26H26F4N8O8S/c27-10-3-31-24(32-4-10)14-6-38(36-34-14)19-21(42)16(8-40)46-26(23(19)44)47-25-22(43)18(20(41)15(7-39)45-25)37-5-13(33-35-37)9-1-11(28)17(30)12(29)2-9/h1-6,15-16,18-23,25-26,39-44H,7-8H2/t15?,16-,18?,19?,20?,21?,22?,23?,25?,26+/m1/s1. The van der Waals surface area contributed by atoms with E-state index in [0.717, 1.165) is 28.0 Å². The fourth-order valence-electron chi connectivity index (χ4n) is 5.35. The zero-order valence-electron chi connectivity index (χ0n) is 23.6. The highest BCUT2D eigenvalue weighted by atomic mass is 32.2. The molecule has 0 bridgehead atoms. The average Bonchev–Trinajstić information content (AvgIpc) is 3.74. The van der Waals surface area contributed by atoms with Gasteiger partial charge in [-0.1, -0.05) is 22.2 Å². The van der Waals surface area contributed by atoms with Crippen LogP contribution in [0.5, 0.6) is 0 Å². The zero-order valence-corrected chi connectivity index (χ0v) is 24.5. The maximum atomic E-state index is 13.8. The summed E-state index contributed by atoms with van der Waals surface area (Å²) in [6, 6.07) is -1.29. The van der Waals surface area contributed by atoms with Gasteiger partial charge in [0.15, 0.2) is 29.1 Å². The highest BCUT2D eigenvalue weighted by molar-refractivity contribution is 8.00. The van der Waals surface area contributed by atoms with E-state index in [0.29, 0.717) is 23.9 Å². The van der Waals surface area contributed by atoms with Gasteiger partial charge < -0.3 is 40.1 Å². The summed E-state index contributed by atoms with van der Waals surface area (Å²) in [5.74, 6) is -5.31. The number of thioether (sulfide) groups is 1. The van der Waals surface area contributed by atoms with E-state index in [9.17, 15) is 48.2 Å². The van der Waals surface area contributed by atoms with Gasteiger partial charge in [0, 0.05) is 5.56 Å². The first kappa shape index (κ1) is 33.2. The Morgan fingerprint density at radius 2 is 1.17 bits per heavy atom. The van der Waals surface area contributed by atoms with Crippen LogP contribution >= 0.6 is 11.8 Å². The van der Waals surface area contributed by atoms with Gasteiger partial charge in [0.1, 0.15) is 71.0 Å². The van der Waals surface area contributed by atoms with Gasteiger partial charge in [-0.3, -0.25) is 0 Å². The monoisotopic (exact) mass is 686 g/mol. The lowest BCUT2D eigenvalue weighted by molar-refractivity contribution is -0.189. The zero-order chi connectivity index (χ0) is 33.6. The molecule has 6 N–H and O–H groups in total. The normalized spacial score (nSPS) is 31.3. The smallest absolute Gasteiger partial charge is 0.194 e. The van der Waals surface area contributed by atoms with Gasteiger partial charge in [-0.25, -0.2) is 36.9 Å². The largest absolute Gasteiger partial charge is 0.394 e. The van der Waals surface area contributed by atoms with Crippen LogP contribution in [0.25, 0.3) is 22.8 Å². The molecule has 2 aliphatic heterocycles. The Morgan fingerprint density at radius 1 is 0.702 bits per heavy atom. The molecular formula is C26H26F4N8O8S. The second kappa shape index (κ2) is 13.4. The van der Waals surface area contributed by atoms with E-state index < -0.39 is 96.1 Å². The lowest BCUT2D eigenvalue weighted by Gasteiger charge is -2.46. The molecule has 6 rings (SSSR count). The van der Waals surface area contributed by atoms with Gasteiger partial charge in [0.25, 0.3) is 0 Å². The van der Waals surface area contributed by atoms with Crippen LogP contribution in [0.4, 0.5) is 17.6 Å². The molecule has 5 heterocycles. The minimum atomic E-state index is -1.68. The van der Waals surface area contributed by atoms with Crippen LogP contribution in [0.3, 0.4) is 0 Å². The van der Waals surface area contributed by atoms with Crippen molar-refractivity contribution in [2.45, 2.75) is 59.6 Å². The number of nitrogens with zero attached hydrogens (tertiary/aromatic N) is 8. The maximum absolute atomic E-state index is 13.8. The van der Waals surface area contributed by atoms with Crippen molar-refractivity contribution < 1.29 is 57.7 Å². The van der Waals surface area contributed by atoms with Gasteiger partial charge in [-0.2, -0.15) is 0 Å². The predicted molar refractivity (Wildman–Crippen MR) is 148 cm³/mol. The molecule has 16 nitrogen and oxygen atoms in total. The number of aromatic nitrogens is 8. The fraction of sp³-hybridized carbons (Fsp3) is 0.462. The number of benzene rings is 1. The van der Waals surface area contributed by atoms with Gasteiger partial charge in [0.2, 0.25) is 0 Å². The molecule has 21 heteroatoms. The molecular weight excluding hydrogens is 660 g/mol. The Kier molecular flexibility index (Phi) is 9.51. The highest BCUT2D eigenvalue weighted by Crippen LogP contribution is 2.42. The molecule has 0 amide bonds. The summed E-state index contributed by atoms with van der Waals surface area (Å²) in [4.78, 5) is 7.64. The summed E-state index contributed by atoms with van der Waals surface area (Å²) in [5, 5.41) is 79.9. The van der Waals surface area contributed by atoms with Crippen LogP contribution < -0.4 is 0 Å². The molecule has 1 aromatic carbocycles. The Bertz CT molecular complexity index is 1680. The van der Waals surface area contributed by atoms with Crippen LogP contribution in [0.15, 0.2) is 36.9 Å². The first-order valence-corrected chi connectivity index (χ1v) is 14.8. The summed E-state index contributed by atoms with van der Waals surface area (Å²) >= 11 is 0.691. The Balaban J connectivity index is 1.25. The maximum Gasteiger partial charge on any atom is 0.194 e. The molecule has 8 unspecified atom stereocenters. The second-order valence-corrected chi connectivity index (χ2v) is 11.9. The predicted octanol–water partition coefficient (Wildman–Crippen LogP) is -1.06. The molecule has 0 aliphatic carbocycles. The molecule has 3 aromatic heterocycles. The number of hydrogen-bond donors (Lipinski definition) is 6. The summed E-state index contributed by atoms with van der Waals surface area (Å²) in [5.41, 5.74) is -2.93. The summed E-state index contributed by atoms with van der Waals surface area (Å²) < 4.78 is 67.9. The number of halogens is 4. The van der Waals surface area contributed by atoms with Crippen molar-refractivity contribution in [3.05, 3.63) is 60.2 Å². The fourth-order valence-corrected chi connectivity index (χ4v) is 6.67. The second-order valence-electron chi connectivity index (χ2n) is 10.7. The van der Waals surface area contributed by atoms with Crippen molar-refractivity contribution in [3.8, 4) is 22.8 Å². The van der Waals surface area contributed by atoms with Crippen molar-refractivity contribution in [1.29, 1.82) is 0 Å². The first-order chi connectivity index (χ1) is 22.5. The van der Waals surface area contributed by atoms with E-state index >= 15 is 0 Å². The molecule has 2 fully saturated rings. The van der Waals surface area contributed by atoms with E-state index in [1.807, 2.05) is 0 Å². The van der Waals surface area contributed by atoms with E-state index in [4.69, 9.17) is 9.47 Å². The first-order valence-electron chi connectivity index (χ1n) is 13.9. The summed E-state index contributed by atoms with van der Waals surface area (Å²) in [6.07, 6.45) is -4.73. The third-order valence-electron chi connectivity index (χ3n) is 7.73. The van der Waals surface area contributed by atoms with E-state index in [-0.39, 0.29) is 22.8 Å². The van der Waals surface area contributed by atoms with Crippen molar-refractivity contribution in [3.63, 3.8) is 0 Å². The average molecular weight is 687 g/mol. The van der Waals surface area contributed by atoms with Crippen molar-refractivity contribution >= 4 is 11.8 Å². The number of aliphatic hydroxyl groups is 6. The van der Waals surface area contributed by atoms with E-state index in [1.54, 1.807) is 0 Å². The van der Waals surface area contributed by atoms with Gasteiger partial charge in [-0.15, -0.1) is 10.2 Å². The molecule has 0 radical (unpaired) electrons. The molecule has 47 heavy (non-hydrogen) atoms. The Hall–Kier alpha value is -3.67. The van der Waals surface area contributed by atoms with Crippen molar-refractivity contribution in [2.24, 2.45) is 0 Å². The highest BCUT2D eigenvalue weighted by Gasteiger charge is 2.51. The van der Waals surface area contributed by atoms with E-state index in [2.05, 4.69) is 30.6 Å². The minimum absolute atomic E-state index is 0.00246. The Morgan fingerprint density at radius 3 is 1.66 bits per heavy atom. The van der Waals surface area contributed by atoms with Crippen LogP contribution in [-0.4, -0.2) is 131 Å². The van der Waals surface area contributed by atoms with Crippen molar-refractivity contribution in [1.82, 2.24) is 40.0 Å². The number of rotatable bonds is 8. The minimum Gasteiger partial charge on any atom is -0.394 e. The van der Waals surface area contributed by atoms with E-state index in [1.165, 1.54) is 6.20 Å². The third-order valence-corrected chi connectivity index (χ3v) is 9.04. The molecule has 0 saturated carbocycles. The lowest BCUT2D eigenvalue weighted by atomic mass is 9.97.